The van der Waals surface area contributed by atoms with Crippen LogP contribution < -0.4 is 0 Å². The minimum Gasteiger partial charge on any atom is -0.481 e. The van der Waals surface area contributed by atoms with Gasteiger partial charge in [-0.1, -0.05) is 11.6 Å². The molecular formula is C11H14ClNO2S. The summed E-state index contributed by atoms with van der Waals surface area (Å²) in [5.74, 6) is -0.826. The normalized spacial score (nSPS) is 23.7. The monoisotopic (exact) mass is 259 g/mol. The van der Waals surface area contributed by atoms with Crippen molar-refractivity contribution in [2.24, 2.45) is 5.92 Å². The molecule has 0 aliphatic heterocycles. The fourth-order valence-corrected chi connectivity index (χ4v) is 2.95. The molecule has 88 valence electrons. The maximum Gasteiger partial charge on any atom is 0.308 e. The van der Waals surface area contributed by atoms with Gasteiger partial charge in [0, 0.05) is 17.5 Å². The molecule has 1 N–H and O–H groups in total. The molecule has 2 unspecified atom stereocenters. The Morgan fingerprint density at radius 2 is 2.44 bits per heavy atom. The van der Waals surface area contributed by atoms with Crippen molar-refractivity contribution in [3.8, 4) is 0 Å². The second-order valence-electron chi connectivity index (χ2n) is 4.18. The van der Waals surface area contributed by atoms with Gasteiger partial charge in [-0.05, 0) is 32.0 Å². The van der Waals surface area contributed by atoms with Gasteiger partial charge < -0.3 is 10.0 Å². The van der Waals surface area contributed by atoms with Crippen molar-refractivity contribution in [2.45, 2.75) is 18.9 Å². The van der Waals surface area contributed by atoms with E-state index in [0.717, 1.165) is 23.7 Å². The average molecular weight is 260 g/mol. The molecule has 2 rings (SSSR count). The minimum absolute atomic E-state index is 0.156. The number of likely N-dealkylation sites (N-methyl/N-ethyl adjacent to an activating group) is 1. The highest BCUT2D eigenvalue weighted by atomic mass is 35.5. The third-order valence-electron chi connectivity index (χ3n) is 2.98. The Morgan fingerprint density at radius 3 is 2.94 bits per heavy atom. The van der Waals surface area contributed by atoms with Gasteiger partial charge in [0.15, 0.2) is 0 Å². The molecule has 1 aliphatic carbocycles. The number of rotatable bonds is 5. The van der Waals surface area contributed by atoms with E-state index in [-0.39, 0.29) is 12.0 Å². The summed E-state index contributed by atoms with van der Waals surface area (Å²) >= 11 is 7.43. The van der Waals surface area contributed by atoms with E-state index in [4.69, 9.17) is 16.7 Å². The van der Waals surface area contributed by atoms with Crippen molar-refractivity contribution < 1.29 is 9.90 Å². The van der Waals surface area contributed by atoms with Crippen LogP contribution in [0.1, 0.15) is 11.3 Å². The molecule has 0 aromatic carbocycles. The molecule has 1 aromatic rings. The SMILES string of the molecule is CN(CCc1ccc(Cl)s1)C1CC1C(=O)O. The predicted molar refractivity (Wildman–Crippen MR) is 65.2 cm³/mol. The van der Waals surface area contributed by atoms with Crippen molar-refractivity contribution in [2.75, 3.05) is 13.6 Å². The summed E-state index contributed by atoms with van der Waals surface area (Å²) in [4.78, 5) is 14.1. The summed E-state index contributed by atoms with van der Waals surface area (Å²) in [7, 11) is 1.99. The van der Waals surface area contributed by atoms with Crippen LogP contribution in [0.3, 0.4) is 0 Å². The van der Waals surface area contributed by atoms with Crippen LogP contribution in [0.4, 0.5) is 0 Å². The van der Waals surface area contributed by atoms with Gasteiger partial charge in [-0.3, -0.25) is 4.79 Å². The van der Waals surface area contributed by atoms with Crippen molar-refractivity contribution in [1.29, 1.82) is 0 Å². The van der Waals surface area contributed by atoms with Gasteiger partial charge >= 0.3 is 5.97 Å². The molecule has 0 radical (unpaired) electrons. The second-order valence-corrected chi connectivity index (χ2v) is 5.98. The molecule has 16 heavy (non-hydrogen) atoms. The number of thiophene rings is 1. The zero-order valence-electron chi connectivity index (χ0n) is 9.02. The van der Waals surface area contributed by atoms with Crippen LogP contribution in [0, 0.1) is 5.92 Å². The van der Waals surface area contributed by atoms with Crippen LogP contribution in [-0.2, 0) is 11.2 Å². The van der Waals surface area contributed by atoms with E-state index < -0.39 is 5.97 Å². The number of carboxylic acids is 1. The van der Waals surface area contributed by atoms with Crippen LogP contribution in [0.5, 0.6) is 0 Å². The van der Waals surface area contributed by atoms with Gasteiger partial charge in [-0.15, -0.1) is 11.3 Å². The van der Waals surface area contributed by atoms with Crippen molar-refractivity contribution in [1.82, 2.24) is 4.90 Å². The molecule has 2 atom stereocenters. The lowest BCUT2D eigenvalue weighted by atomic mass is 10.3. The van der Waals surface area contributed by atoms with Crippen LogP contribution in [-0.4, -0.2) is 35.6 Å². The summed E-state index contributed by atoms with van der Waals surface area (Å²) < 4.78 is 0.812. The lowest BCUT2D eigenvalue weighted by molar-refractivity contribution is -0.138. The third kappa shape index (κ3) is 2.75. The Bertz CT molecular complexity index is 393. The molecule has 5 heteroatoms. The Morgan fingerprint density at radius 1 is 1.69 bits per heavy atom. The number of aliphatic carboxylic acids is 1. The highest BCUT2D eigenvalue weighted by Gasteiger charge is 2.45. The first kappa shape index (κ1) is 11.9. The van der Waals surface area contributed by atoms with Crippen molar-refractivity contribution in [3.63, 3.8) is 0 Å². The average Bonchev–Trinajstić information content (AvgIpc) is 2.93. The van der Waals surface area contributed by atoms with Gasteiger partial charge in [0.25, 0.3) is 0 Å². The van der Waals surface area contributed by atoms with Crippen LogP contribution in [0.15, 0.2) is 12.1 Å². The van der Waals surface area contributed by atoms with E-state index in [1.807, 2.05) is 19.2 Å². The molecule has 0 bridgehead atoms. The summed E-state index contributed by atoms with van der Waals surface area (Å²) in [5, 5.41) is 8.82. The minimum atomic E-state index is -0.670. The Hall–Kier alpha value is -0.580. The van der Waals surface area contributed by atoms with Crippen LogP contribution >= 0.6 is 22.9 Å². The van der Waals surface area contributed by atoms with Gasteiger partial charge in [0.2, 0.25) is 0 Å². The number of hydrogen-bond acceptors (Lipinski definition) is 3. The molecular weight excluding hydrogens is 246 g/mol. The first-order chi connectivity index (χ1) is 7.58. The highest BCUT2D eigenvalue weighted by molar-refractivity contribution is 7.16. The second kappa shape index (κ2) is 4.73. The van der Waals surface area contributed by atoms with Crippen LogP contribution in [0.2, 0.25) is 4.34 Å². The molecule has 1 heterocycles. The van der Waals surface area contributed by atoms with Crippen molar-refractivity contribution in [3.05, 3.63) is 21.3 Å². The summed E-state index contributed by atoms with van der Waals surface area (Å²) in [5.41, 5.74) is 0. The number of carbonyl (C=O) groups is 1. The van der Waals surface area contributed by atoms with Crippen molar-refractivity contribution >= 4 is 28.9 Å². The van der Waals surface area contributed by atoms with Gasteiger partial charge in [-0.25, -0.2) is 0 Å². The maximum absolute atomic E-state index is 10.7. The largest absolute Gasteiger partial charge is 0.481 e. The Balaban J connectivity index is 1.77. The number of carboxylic acid groups (broad SMARTS) is 1. The van der Waals surface area contributed by atoms with Gasteiger partial charge in [-0.2, -0.15) is 0 Å². The van der Waals surface area contributed by atoms with Gasteiger partial charge in [0.1, 0.15) is 0 Å². The number of hydrogen-bond donors (Lipinski definition) is 1. The van der Waals surface area contributed by atoms with Crippen LogP contribution in [0.25, 0.3) is 0 Å². The van der Waals surface area contributed by atoms with E-state index in [0.29, 0.717) is 0 Å². The van der Waals surface area contributed by atoms with E-state index in [2.05, 4.69) is 4.90 Å². The van der Waals surface area contributed by atoms with E-state index >= 15 is 0 Å². The van der Waals surface area contributed by atoms with Gasteiger partial charge in [0.05, 0.1) is 10.3 Å². The standard InChI is InChI=1S/C11H14ClNO2S/c1-13(9-6-8(9)11(14)15)5-4-7-2-3-10(12)16-7/h2-3,8-9H,4-6H2,1H3,(H,14,15). The first-order valence-corrected chi connectivity index (χ1v) is 6.44. The third-order valence-corrected chi connectivity index (χ3v) is 4.27. The lowest BCUT2D eigenvalue weighted by Crippen LogP contribution is -2.26. The summed E-state index contributed by atoms with van der Waals surface area (Å²) in [6.07, 6.45) is 1.73. The Labute approximate surface area is 104 Å². The molecule has 0 amide bonds. The molecule has 1 fully saturated rings. The highest BCUT2D eigenvalue weighted by Crippen LogP contribution is 2.35. The quantitative estimate of drug-likeness (QED) is 0.883. The summed E-state index contributed by atoms with van der Waals surface area (Å²) in [6.45, 7) is 0.894. The molecule has 3 nitrogen and oxygen atoms in total. The molecule has 1 aliphatic rings. The zero-order valence-corrected chi connectivity index (χ0v) is 10.6. The summed E-state index contributed by atoms with van der Waals surface area (Å²) in [6, 6.07) is 4.16. The molecule has 1 aromatic heterocycles. The lowest BCUT2D eigenvalue weighted by Gasteiger charge is -2.15. The first-order valence-electron chi connectivity index (χ1n) is 5.25. The Kier molecular flexibility index (Phi) is 3.52. The predicted octanol–water partition coefficient (Wildman–Crippen LogP) is 2.35. The van der Waals surface area contributed by atoms with E-state index in [1.54, 1.807) is 11.3 Å². The smallest absolute Gasteiger partial charge is 0.308 e. The molecule has 0 saturated heterocycles. The number of halogens is 1. The van der Waals surface area contributed by atoms with E-state index in [9.17, 15) is 4.79 Å². The number of nitrogens with zero attached hydrogens (tertiary/aromatic N) is 1. The van der Waals surface area contributed by atoms with E-state index in [1.165, 1.54) is 4.88 Å². The maximum atomic E-state index is 10.7. The zero-order chi connectivity index (χ0) is 11.7. The molecule has 0 spiro atoms. The fraction of sp³-hybridized carbons (Fsp3) is 0.545. The topological polar surface area (TPSA) is 40.5 Å². The fourth-order valence-electron chi connectivity index (χ4n) is 1.87. The molecule has 1 saturated carbocycles.